The number of carbonyl (C=O) groups is 2. The maximum atomic E-state index is 13.1. The van der Waals surface area contributed by atoms with Gasteiger partial charge >= 0.3 is 0 Å². The van der Waals surface area contributed by atoms with Gasteiger partial charge in [-0.25, -0.2) is 29.0 Å². The van der Waals surface area contributed by atoms with Crippen molar-refractivity contribution in [2.45, 2.75) is 57.4 Å². The van der Waals surface area contributed by atoms with Crippen molar-refractivity contribution in [2.24, 2.45) is 0 Å². The minimum atomic E-state index is -0.645. The summed E-state index contributed by atoms with van der Waals surface area (Å²) in [4.78, 5) is 68.7. The highest BCUT2D eigenvalue weighted by atomic mass is 16.3. The van der Waals surface area contributed by atoms with Crippen LogP contribution in [0.15, 0.2) is 107 Å². The van der Waals surface area contributed by atoms with Gasteiger partial charge in [-0.2, -0.15) is 0 Å². The minimum absolute atomic E-state index is 0.124. The van der Waals surface area contributed by atoms with E-state index in [1.165, 1.54) is 43.0 Å². The van der Waals surface area contributed by atoms with Crippen LogP contribution in [-0.2, 0) is 6.61 Å². The molecule has 1 unspecified atom stereocenters. The first-order valence-electron chi connectivity index (χ1n) is 21.4. The average molecular weight is 907 g/mol. The number of anilines is 6. The zero-order chi connectivity index (χ0) is 46.8. The van der Waals surface area contributed by atoms with E-state index >= 15 is 0 Å². The molecule has 2 aliphatic carbocycles. The predicted molar refractivity (Wildman–Crippen MR) is 249 cm³/mol. The molecule has 10 rings (SSSR count). The molecule has 2 amide bonds. The Labute approximate surface area is 380 Å². The number of aromatic nitrogens is 10. The number of carbonyl (C=O) groups excluding carboxylic acids is 2. The largest absolute Gasteiger partial charge is 0.392 e. The summed E-state index contributed by atoms with van der Waals surface area (Å²) in [5.41, 5.74) is 4.15. The van der Waals surface area contributed by atoms with Crippen molar-refractivity contribution in [1.82, 2.24) is 58.9 Å². The van der Waals surface area contributed by atoms with Gasteiger partial charge in [0.15, 0.2) is 34.3 Å². The van der Waals surface area contributed by atoms with Gasteiger partial charge in [0.05, 0.1) is 36.5 Å². The van der Waals surface area contributed by atoms with Crippen molar-refractivity contribution in [3.8, 4) is 11.6 Å². The first-order valence-corrected chi connectivity index (χ1v) is 21.4. The van der Waals surface area contributed by atoms with Crippen LogP contribution in [0.3, 0.4) is 0 Å². The zero-order valence-electron chi connectivity index (χ0n) is 36.5. The summed E-state index contributed by atoms with van der Waals surface area (Å²) in [7, 11) is 3.49. The molecule has 0 radical (unpaired) electrons. The molecule has 0 aromatic carbocycles. The normalized spacial score (nSPS) is 13.6. The molecule has 8 N–H and O–H groups in total. The molecule has 22 nitrogen and oxygen atoms in total. The molecule has 2 saturated carbocycles. The zero-order valence-corrected chi connectivity index (χ0v) is 36.5. The fraction of sp³-hybridized carbons (Fsp3) is 0.244. The number of hydrogen-bond acceptors (Lipinski definition) is 16. The highest BCUT2D eigenvalue weighted by Gasteiger charge is 2.27. The third-order valence-electron chi connectivity index (χ3n) is 10.9. The second kappa shape index (κ2) is 18.5. The van der Waals surface area contributed by atoms with Crippen molar-refractivity contribution in [3.05, 3.63) is 141 Å². The lowest BCUT2D eigenvalue weighted by atomic mass is 10.2. The Bertz CT molecular complexity index is 3240. The SMILES string of the molecule is CNc1cc(Nc2cccn(-c3ccc(C(C)O)cn3)c2=O)nn2c(C(=O)NC3CC3)cnc12.CNc1cc(Nc2cccn(-c3ccc(CO)cn3)c2=O)nn2c(C(=O)NC3CC3)cnc12. The highest BCUT2D eigenvalue weighted by Crippen LogP contribution is 2.26. The summed E-state index contributed by atoms with van der Waals surface area (Å²) >= 11 is 0. The summed E-state index contributed by atoms with van der Waals surface area (Å²) < 4.78 is 5.72. The van der Waals surface area contributed by atoms with E-state index in [-0.39, 0.29) is 53.0 Å². The topological polar surface area (TPSA) is 277 Å². The molecule has 0 bridgehead atoms. The number of amides is 2. The minimum Gasteiger partial charge on any atom is -0.392 e. The van der Waals surface area contributed by atoms with Crippen LogP contribution in [-0.4, -0.2) is 96.5 Å². The van der Waals surface area contributed by atoms with Crippen LogP contribution in [0.2, 0.25) is 0 Å². The van der Waals surface area contributed by atoms with Crippen molar-refractivity contribution < 1.29 is 19.8 Å². The molecule has 342 valence electrons. The first-order chi connectivity index (χ1) is 32.5. The van der Waals surface area contributed by atoms with Crippen LogP contribution in [0.1, 0.15) is 70.8 Å². The standard InChI is InChI=1S/C23H24N8O3.C22H22N8O3/c1-13(32)14-5-8-20(25-11-14)30-9-3-4-16(23(30)34)28-19-10-17(24-2)21-26-12-18(31(21)29-19)22(33)27-15-6-7-15;1-23-16-9-18(28-30-17(11-25-20(16)30)21(32)26-14-5-6-14)27-15-3-2-8-29(22(15)33)19-7-4-13(12-31)10-24-19/h3-5,8-13,15,24,32H,6-7H2,1-2H3,(H,27,33)(H,28,29);2-4,7-11,14,23,31H,5-6,12H2,1H3,(H,26,32)(H,27,28). The number of aliphatic hydroxyl groups excluding tert-OH is 2. The molecule has 1 atom stereocenters. The van der Waals surface area contributed by atoms with E-state index < -0.39 is 6.10 Å². The Hall–Kier alpha value is -8.50. The van der Waals surface area contributed by atoms with E-state index in [2.05, 4.69) is 62.0 Å². The van der Waals surface area contributed by atoms with E-state index in [1.54, 1.807) is 94.1 Å². The smallest absolute Gasteiger partial charge is 0.279 e. The summed E-state index contributed by atoms with van der Waals surface area (Å²) in [5, 5.41) is 46.0. The molecule has 2 aliphatic rings. The molecule has 22 heteroatoms. The van der Waals surface area contributed by atoms with Crippen molar-refractivity contribution in [2.75, 3.05) is 35.4 Å². The monoisotopic (exact) mass is 906 g/mol. The quantitative estimate of drug-likeness (QED) is 0.0776. The molecular formula is C45H46N16O6. The number of fused-ring (bicyclic) bond motifs is 2. The van der Waals surface area contributed by atoms with Gasteiger partial charge in [-0.05, 0) is 80.1 Å². The van der Waals surface area contributed by atoms with Gasteiger partial charge in [-0.1, -0.05) is 12.1 Å². The number of rotatable bonds is 14. The van der Waals surface area contributed by atoms with Crippen LogP contribution in [0, 0.1) is 0 Å². The molecule has 8 aromatic rings. The van der Waals surface area contributed by atoms with Crippen LogP contribution in [0.4, 0.5) is 34.4 Å². The summed E-state index contributed by atoms with van der Waals surface area (Å²) in [6, 6.07) is 17.3. The number of imidazole rings is 2. The Morgan fingerprint density at radius 1 is 0.657 bits per heavy atom. The van der Waals surface area contributed by atoms with Gasteiger partial charge in [0.2, 0.25) is 0 Å². The lowest BCUT2D eigenvalue weighted by Crippen LogP contribution is -2.27. The number of nitrogens with zero attached hydrogens (tertiary/aromatic N) is 10. The Balaban J connectivity index is 0.000000168. The fourth-order valence-electron chi connectivity index (χ4n) is 6.97. The average Bonchev–Trinajstić information content (AvgIpc) is 4.26. The molecule has 8 aromatic heterocycles. The maximum Gasteiger partial charge on any atom is 0.279 e. The fourth-order valence-corrected chi connectivity index (χ4v) is 6.97. The van der Waals surface area contributed by atoms with Crippen molar-refractivity contribution in [3.63, 3.8) is 0 Å². The Morgan fingerprint density at radius 3 is 1.52 bits per heavy atom. The second-order valence-electron chi connectivity index (χ2n) is 15.9. The van der Waals surface area contributed by atoms with E-state index in [0.717, 1.165) is 25.7 Å². The van der Waals surface area contributed by atoms with E-state index in [1.807, 2.05) is 0 Å². The van der Waals surface area contributed by atoms with Crippen LogP contribution >= 0.6 is 0 Å². The maximum absolute atomic E-state index is 13.1. The Kier molecular flexibility index (Phi) is 12.1. The Morgan fingerprint density at radius 2 is 1.13 bits per heavy atom. The van der Waals surface area contributed by atoms with Crippen molar-refractivity contribution in [1.29, 1.82) is 0 Å². The third-order valence-corrected chi connectivity index (χ3v) is 10.9. The summed E-state index contributed by atoms with van der Waals surface area (Å²) in [5.74, 6) is 1.10. The lowest BCUT2D eigenvalue weighted by molar-refractivity contribution is 0.0935. The van der Waals surface area contributed by atoms with Gasteiger partial charge in [0.1, 0.15) is 23.0 Å². The molecule has 0 spiro atoms. The number of pyridine rings is 4. The van der Waals surface area contributed by atoms with Crippen LogP contribution < -0.4 is 43.0 Å². The second-order valence-corrected chi connectivity index (χ2v) is 15.9. The number of hydrogen-bond donors (Lipinski definition) is 8. The lowest BCUT2D eigenvalue weighted by Gasteiger charge is -2.12. The van der Waals surface area contributed by atoms with Gasteiger partial charge < -0.3 is 42.1 Å². The highest BCUT2D eigenvalue weighted by molar-refractivity contribution is 5.95. The van der Waals surface area contributed by atoms with Gasteiger partial charge in [-0.15, -0.1) is 10.2 Å². The molecule has 0 saturated heterocycles. The van der Waals surface area contributed by atoms with Gasteiger partial charge in [-0.3, -0.25) is 28.3 Å². The first kappa shape index (κ1) is 43.7. The number of aliphatic hydroxyl groups is 2. The number of nitrogens with one attached hydrogen (secondary N) is 6. The van der Waals surface area contributed by atoms with Gasteiger partial charge in [0, 0.05) is 63.1 Å². The molecule has 67 heavy (non-hydrogen) atoms. The van der Waals surface area contributed by atoms with Gasteiger partial charge in [0.25, 0.3) is 22.9 Å². The summed E-state index contributed by atoms with van der Waals surface area (Å²) in [6.07, 6.45) is 12.5. The van der Waals surface area contributed by atoms with E-state index in [0.29, 0.717) is 68.5 Å². The summed E-state index contributed by atoms with van der Waals surface area (Å²) in [6.45, 7) is 1.53. The van der Waals surface area contributed by atoms with Crippen LogP contribution in [0.25, 0.3) is 22.9 Å². The molecule has 0 aliphatic heterocycles. The third kappa shape index (κ3) is 9.37. The molecular weight excluding hydrogens is 861 g/mol. The molecule has 2 fully saturated rings. The van der Waals surface area contributed by atoms with E-state index in [4.69, 9.17) is 0 Å². The van der Waals surface area contributed by atoms with Crippen LogP contribution in [0.5, 0.6) is 0 Å². The predicted octanol–water partition coefficient (Wildman–Crippen LogP) is 3.45. The molecule has 8 heterocycles. The van der Waals surface area contributed by atoms with Crippen molar-refractivity contribution >= 4 is 57.5 Å². The van der Waals surface area contributed by atoms with E-state index in [9.17, 15) is 29.4 Å².